The molecule has 0 aromatic carbocycles. The van der Waals surface area contributed by atoms with Gasteiger partial charge in [0, 0.05) is 18.5 Å². The Morgan fingerprint density at radius 1 is 1.64 bits per heavy atom. The van der Waals surface area contributed by atoms with E-state index in [1.165, 1.54) is 0 Å². The van der Waals surface area contributed by atoms with Crippen molar-refractivity contribution in [1.82, 2.24) is 4.98 Å². The number of aliphatic hydroxyl groups is 1. The number of nitrogens with one attached hydrogen (secondary N) is 1. The zero-order valence-corrected chi connectivity index (χ0v) is 9.60. The third-order valence-electron chi connectivity index (χ3n) is 2.14. The van der Waals surface area contributed by atoms with Gasteiger partial charge in [-0.1, -0.05) is 13.8 Å². The Kier molecular flexibility index (Phi) is 4.90. The van der Waals surface area contributed by atoms with Gasteiger partial charge < -0.3 is 10.4 Å². The van der Waals surface area contributed by atoms with E-state index in [0.29, 0.717) is 5.92 Å². The molecule has 0 aliphatic carbocycles. The first-order valence-electron chi connectivity index (χ1n) is 5.05. The molecule has 1 rings (SSSR count). The van der Waals surface area contributed by atoms with E-state index >= 15 is 0 Å². The maximum atomic E-state index is 8.74. The fraction of sp³-hybridized carbons (Fsp3) is 0.700. The Balaban J connectivity index is 2.30. The predicted octanol–water partition coefficient (Wildman–Crippen LogP) is 2.14. The monoisotopic (exact) mass is 214 g/mol. The first kappa shape index (κ1) is 11.5. The lowest BCUT2D eigenvalue weighted by atomic mass is 10.1. The molecule has 0 amide bonds. The summed E-state index contributed by atoms with van der Waals surface area (Å²) in [5.74, 6) is 0.494. The lowest BCUT2D eigenvalue weighted by molar-refractivity contribution is 0.266. The van der Waals surface area contributed by atoms with E-state index in [9.17, 15) is 0 Å². The second kappa shape index (κ2) is 5.98. The van der Waals surface area contributed by atoms with Crippen molar-refractivity contribution in [3.05, 3.63) is 11.1 Å². The SMILES string of the molecule is CCc1csc(NCC(C)CCO)n1. The van der Waals surface area contributed by atoms with Crippen LogP contribution in [0.4, 0.5) is 5.13 Å². The number of aryl methyl sites for hydroxylation is 1. The Morgan fingerprint density at radius 2 is 2.43 bits per heavy atom. The van der Waals surface area contributed by atoms with Crippen LogP contribution in [0, 0.1) is 5.92 Å². The molecular weight excluding hydrogens is 196 g/mol. The molecule has 0 bridgehead atoms. The van der Waals surface area contributed by atoms with Crippen LogP contribution in [0.2, 0.25) is 0 Å². The van der Waals surface area contributed by atoms with Crippen molar-refractivity contribution in [2.24, 2.45) is 5.92 Å². The van der Waals surface area contributed by atoms with E-state index in [1.54, 1.807) is 11.3 Å². The van der Waals surface area contributed by atoms with Crippen LogP contribution < -0.4 is 5.32 Å². The number of aromatic nitrogens is 1. The average molecular weight is 214 g/mol. The molecule has 0 fully saturated rings. The van der Waals surface area contributed by atoms with Gasteiger partial charge in [-0.05, 0) is 18.8 Å². The number of thiazole rings is 1. The van der Waals surface area contributed by atoms with Crippen LogP contribution in [0.3, 0.4) is 0 Å². The Bertz CT molecular complexity index is 262. The first-order chi connectivity index (χ1) is 6.76. The van der Waals surface area contributed by atoms with Gasteiger partial charge in [0.05, 0.1) is 5.69 Å². The van der Waals surface area contributed by atoms with Crippen molar-refractivity contribution >= 4 is 16.5 Å². The molecule has 1 unspecified atom stereocenters. The highest BCUT2D eigenvalue weighted by molar-refractivity contribution is 7.13. The fourth-order valence-electron chi connectivity index (χ4n) is 1.13. The number of anilines is 1. The van der Waals surface area contributed by atoms with Gasteiger partial charge in [0.1, 0.15) is 0 Å². The number of rotatable bonds is 6. The van der Waals surface area contributed by atoms with Gasteiger partial charge in [0.25, 0.3) is 0 Å². The lowest BCUT2D eigenvalue weighted by Crippen LogP contribution is -2.12. The number of hydrogen-bond donors (Lipinski definition) is 2. The highest BCUT2D eigenvalue weighted by Crippen LogP contribution is 2.16. The van der Waals surface area contributed by atoms with Crippen molar-refractivity contribution in [2.45, 2.75) is 26.7 Å². The molecule has 0 spiro atoms. The van der Waals surface area contributed by atoms with E-state index in [0.717, 1.165) is 30.2 Å². The van der Waals surface area contributed by atoms with Crippen LogP contribution in [0.15, 0.2) is 5.38 Å². The van der Waals surface area contributed by atoms with Gasteiger partial charge in [-0.15, -0.1) is 11.3 Å². The molecular formula is C10H18N2OS. The molecule has 4 heteroatoms. The van der Waals surface area contributed by atoms with Crippen molar-refractivity contribution in [2.75, 3.05) is 18.5 Å². The van der Waals surface area contributed by atoms with Crippen molar-refractivity contribution in [3.63, 3.8) is 0 Å². The van der Waals surface area contributed by atoms with E-state index in [2.05, 4.69) is 29.5 Å². The summed E-state index contributed by atoms with van der Waals surface area (Å²) in [6.07, 6.45) is 1.84. The third-order valence-corrected chi connectivity index (χ3v) is 2.99. The average Bonchev–Trinajstić information content (AvgIpc) is 2.63. The molecule has 0 aliphatic rings. The summed E-state index contributed by atoms with van der Waals surface area (Å²) in [5, 5.41) is 15.1. The lowest BCUT2D eigenvalue weighted by Gasteiger charge is -2.09. The van der Waals surface area contributed by atoms with Crippen molar-refractivity contribution < 1.29 is 5.11 Å². The maximum absolute atomic E-state index is 8.74. The summed E-state index contributed by atoms with van der Waals surface area (Å²) < 4.78 is 0. The Hall–Kier alpha value is -0.610. The summed E-state index contributed by atoms with van der Waals surface area (Å²) in [7, 11) is 0. The number of hydrogen-bond acceptors (Lipinski definition) is 4. The second-order valence-electron chi connectivity index (χ2n) is 3.50. The highest BCUT2D eigenvalue weighted by atomic mass is 32.1. The molecule has 0 radical (unpaired) electrons. The molecule has 2 N–H and O–H groups in total. The normalized spacial score (nSPS) is 12.8. The fourth-order valence-corrected chi connectivity index (χ4v) is 1.94. The molecule has 0 aliphatic heterocycles. The minimum Gasteiger partial charge on any atom is -0.396 e. The topological polar surface area (TPSA) is 45.1 Å². The second-order valence-corrected chi connectivity index (χ2v) is 4.35. The predicted molar refractivity (Wildman–Crippen MR) is 60.8 cm³/mol. The van der Waals surface area contributed by atoms with Crippen LogP contribution in [-0.4, -0.2) is 23.2 Å². The molecule has 1 aromatic rings. The summed E-state index contributed by atoms with van der Waals surface area (Å²) in [6.45, 7) is 5.38. The van der Waals surface area contributed by atoms with Crippen LogP contribution in [0.1, 0.15) is 26.0 Å². The quantitative estimate of drug-likeness (QED) is 0.762. The molecule has 1 atom stereocenters. The maximum Gasteiger partial charge on any atom is 0.182 e. The molecule has 0 saturated heterocycles. The van der Waals surface area contributed by atoms with Gasteiger partial charge >= 0.3 is 0 Å². The highest BCUT2D eigenvalue weighted by Gasteiger charge is 2.03. The smallest absolute Gasteiger partial charge is 0.182 e. The standard InChI is InChI=1S/C10H18N2OS/c1-3-9-7-14-10(12-9)11-6-8(2)4-5-13/h7-8,13H,3-6H2,1-2H3,(H,11,12). The zero-order valence-electron chi connectivity index (χ0n) is 8.79. The Morgan fingerprint density at radius 3 is 3.00 bits per heavy atom. The summed E-state index contributed by atoms with van der Waals surface area (Å²) in [6, 6.07) is 0. The van der Waals surface area contributed by atoms with Crippen LogP contribution in [-0.2, 0) is 6.42 Å². The van der Waals surface area contributed by atoms with Gasteiger partial charge in [0.15, 0.2) is 5.13 Å². The van der Waals surface area contributed by atoms with Gasteiger partial charge in [-0.3, -0.25) is 0 Å². The molecule has 1 heterocycles. The van der Waals surface area contributed by atoms with Crippen LogP contribution >= 0.6 is 11.3 Å². The van der Waals surface area contributed by atoms with E-state index in [4.69, 9.17) is 5.11 Å². The van der Waals surface area contributed by atoms with Crippen molar-refractivity contribution in [3.8, 4) is 0 Å². The van der Waals surface area contributed by atoms with Gasteiger partial charge in [-0.2, -0.15) is 0 Å². The van der Waals surface area contributed by atoms with E-state index in [-0.39, 0.29) is 6.61 Å². The molecule has 14 heavy (non-hydrogen) atoms. The van der Waals surface area contributed by atoms with Crippen LogP contribution in [0.25, 0.3) is 0 Å². The third kappa shape index (κ3) is 3.64. The summed E-state index contributed by atoms with van der Waals surface area (Å²) >= 11 is 1.65. The Labute approximate surface area is 89.2 Å². The van der Waals surface area contributed by atoms with E-state index < -0.39 is 0 Å². The molecule has 3 nitrogen and oxygen atoms in total. The number of aliphatic hydroxyl groups excluding tert-OH is 1. The zero-order chi connectivity index (χ0) is 10.4. The number of nitrogens with zero attached hydrogens (tertiary/aromatic N) is 1. The minimum absolute atomic E-state index is 0.265. The van der Waals surface area contributed by atoms with E-state index in [1.807, 2.05) is 0 Å². The molecule has 80 valence electrons. The molecule has 0 saturated carbocycles. The van der Waals surface area contributed by atoms with Gasteiger partial charge in [0.2, 0.25) is 0 Å². The first-order valence-corrected chi connectivity index (χ1v) is 5.93. The van der Waals surface area contributed by atoms with Crippen LogP contribution in [0.5, 0.6) is 0 Å². The van der Waals surface area contributed by atoms with Gasteiger partial charge in [-0.25, -0.2) is 4.98 Å². The minimum atomic E-state index is 0.265. The summed E-state index contributed by atoms with van der Waals surface area (Å²) in [4.78, 5) is 4.41. The molecule has 1 aromatic heterocycles. The summed E-state index contributed by atoms with van der Waals surface area (Å²) in [5.41, 5.74) is 1.15. The van der Waals surface area contributed by atoms with Crippen molar-refractivity contribution in [1.29, 1.82) is 0 Å². The largest absolute Gasteiger partial charge is 0.396 e.